The molecule has 37 heteroatoms. The van der Waals surface area contributed by atoms with E-state index in [1.165, 1.54) is 48.2 Å². The minimum Gasteiger partial charge on any atom is -0.490 e. The van der Waals surface area contributed by atoms with Crippen LogP contribution in [0.25, 0.3) is 90.2 Å². The van der Waals surface area contributed by atoms with Crippen molar-refractivity contribution in [3.05, 3.63) is 305 Å². The summed E-state index contributed by atoms with van der Waals surface area (Å²) in [6, 6.07) is 39.1. The van der Waals surface area contributed by atoms with E-state index in [1.807, 2.05) is 131 Å². The second-order valence-electron chi connectivity index (χ2n) is 35.6. The molecular formula is C99H103Cl2F5N20O10. The van der Waals surface area contributed by atoms with Gasteiger partial charge in [-0.2, -0.15) is 33.1 Å². The van der Waals surface area contributed by atoms with Gasteiger partial charge in [-0.25, -0.2) is 47.9 Å². The summed E-state index contributed by atoms with van der Waals surface area (Å²) in [6.07, 6.45) is 4.62. The van der Waals surface area contributed by atoms with Crippen LogP contribution in [0.5, 0.6) is 11.5 Å². The minimum absolute atomic E-state index is 0.00623. The molecule has 8 heterocycles. The highest BCUT2D eigenvalue weighted by molar-refractivity contribution is 6.31. The fourth-order valence-corrected chi connectivity index (χ4v) is 17.3. The van der Waals surface area contributed by atoms with Gasteiger partial charge in [-0.1, -0.05) is 92.5 Å². The van der Waals surface area contributed by atoms with E-state index >= 15 is 0 Å². The summed E-state index contributed by atoms with van der Waals surface area (Å²) in [4.78, 5) is 143. The van der Waals surface area contributed by atoms with Crippen LogP contribution in [0.15, 0.2) is 172 Å². The number of likely N-dealkylation sites (N-methyl/N-ethyl adjacent to an activating group) is 1. The van der Waals surface area contributed by atoms with Crippen LogP contribution >= 0.6 is 23.2 Å². The van der Waals surface area contributed by atoms with Crippen molar-refractivity contribution in [2.24, 2.45) is 0 Å². The average molecular weight is 1900 g/mol. The summed E-state index contributed by atoms with van der Waals surface area (Å²) in [7, 11) is 2.03. The standard InChI is InChI=1S/C26H28ClN5O3.C26H31N5O2.C25H25F2N5O3.C22H19ClF3N5O2/c1-16-13-20-21(14-22(16)35-19-5-3-4-6-19)32(24-23(28-20)25(33)30-26(34)29-24)12-11-31(2)15-17-7-9-18(27)10-8-17;1-15-13-20-21(14-16(15)2)31(23-22(28-20)24(32)30-25(33)29-23)12-11-27-17(3)18-7-9-19(10-8-18)26(4,5)6;1-14-10-19-20(12-21(14)35-17-4-2-3-5-17)32(23-22(29-19)24(33)31-25(34)30-23)9-8-28-13-15-6-7-16(26)11-18(15)27;1-11-7-16-17(8-12(11)2)31(19-18(28-16)20(32)30-21(33)29-19)6-5-27-10-13-3-4-14(23)9-15(13)22(24,25)26/h7-10,13-14,19H,3-6,11-12,15H2,1-2H3,(H,30,33,34);7-10,13-14,17,27H,11-12H2,1-6H3,(H,30,32,33);6-7,10-12,17,28H,2-5,8-9,13H2,1H3,(H,31,33,34);3-4,7-9,27H,5-6,10H2,1-2H3,(H,30,32,33). The van der Waals surface area contributed by atoms with Crippen LogP contribution in [-0.2, 0) is 57.4 Å². The maximum Gasteiger partial charge on any atom is 0.416 e. The lowest BCUT2D eigenvalue weighted by molar-refractivity contribution is -0.138. The maximum atomic E-state index is 14.0. The number of aryl methyl sites for hydroxylation is 6. The molecule has 8 aromatic rings. The number of nitrogens with zero attached hydrogens (tertiary/aromatic N) is 13. The number of ether oxygens (including phenoxy) is 2. The second-order valence-corrected chi connectivity index (χ2v) is 36.5. The normalized spacial score (nSPS) is 13.5. The molecule has 7 N–H and O–H groups in total. The molecule has 2 saturated carbocycles. The Morgan fingerprint density at radius 3 is 1.24 bits per heavy atom. The van der Waals surface area contributed by atoms with Crippen molar-refractivity contribution in [2.75, 3.05) is 33.2 Å². The van der Waals surface area contributed by atoms with E-state index in [4.69, 9.17) is 32.7 Å². The van der Waals surface area contributed by atoms with Crippen LogP contribution in [-0.4, -0.2) is 128 Å². The minimum atomic E-state index is -4.53. The number of H-pyrrole nitrogens is 4. The number of hydrogen-bond donors (Lipinski definition) is 7. The highest BCUT2D eigenvalue weighted by Crippen LogP contribution is 2.38. The Hall–Kier alpha value is -13.5. The van der Waals surface area contributed by atoms with Crippen LogP contribution in [0.4, 0.5) is 22.0 Å². The number of rotatable bonds is 24. The molecule has 0 spiro atoms. The molecule has 0 amide bonds. The lowest BCUT2D eigenvalue weighted by Crippen LogP contribution is -2.30. The molecule has 2 aliphatic carbocycles. The third-order valence-electron chi connectivity index (χ3n) is 24.6. The third-order valence-corrected chi connectivity index (χ3v) is 25.1. The van der Waals surface area contributed by atoms with E-state index < -0.39 is 68.4 Å². The van der Waals surface area contributed by atoms with Gasteiger partial charge >= 0.3 is 28.9 Å². The van der Waals surface area contributed by atoms with E-state index in [0.29, 0.717) is 88.8 Å². The van der Waals surface area contributed by atoms with Gasteiger partial charge in [0, 0.05) is 112 Å². The van der Waals surface area contributed by atoms with Crippen LogP contribution < -0.4 is 70.4 Å². The van der Waals surface area contributed by atoms with Crippen LogP contribution in [0.3, 0.4) is 0 Å². The average Bonchev–Trinajstić information content (AvgIpc) is 0.919. The van der Waals surface area contributed by atoms with Gasteiger partial charge in [0.25, 0.3) is 22.2 Å². The van der Waals surface area contributed by atoms with Crippen LogP contribution in [0.1, 0.15) is 152 Å². The Morgan fingerprint density at radius 2 is 0.824 bits per heavy atom. The molecule has 0 radical (unpaired) electrons. The van der Waals surface area contributed by atoms with Crippen molar-refractivity contribution in [1.29, 1.82) is 0 Å². The molecule has 0 aromatic heterocycles. The fourth-order valence-electron chi connectivity index (χ4n) is 17.0. The summed E-state index contributed by atoms with van der Waals surface area (Å²) in [5.74, 6) is 1.14. The molecule has 1 atom stereocenters. The molecule has 1 unspecified atom stereocenters. The lowest BCUT2D eigenvalue weighted by atomic mass is 9.86. The Balaban J connectivity index is 0.000000138. The largest absolute Gasteiger partial charge is 0.490 e. The SMILES string of the molecule is Cc1cc2nc3c(=O)[nH]c(=O)nc-3n(CCN(C)Cc3ccc(Cl)cc3)c2cc1OC1CCCC1.Cc1cc2nc3c(=O)[nH]c(=O)nc-3n(CCNC(C)c3ccc(C(C)(C)C)cc3)c2cc1C.Cc1cc2nc3c(=O)[nH]c(=O)nc-3n(CCNCc3ccc(Cl)cc3C(F)(F)F)c2cc1C.Cc1cc2nc3c(=O)[nH]c(=O)nc-3n(CCNCc3ccc(F)cc3F)c2cc1OC1CCCC1. The molecule has 0 saturated heterocycles. The van der Waals surface area contributed by atoms with E-state index in [9.17, 15) is 60.3 Å². The molecule has 708 valence electrons. The fraction of sp³-hybridized carbons (Fsp3) is 0.354. The first-order valence-electron chi connectivity index (χ1n) is 44.9. The Labute approximate surface area is 785 Å². The summed E-state index contributed by atoms with van der Waals surface area (Å²) < 4.78 is 87.0. The third kappa shape index (κ3) is 22.7. The van der Waals surface area contributed by atoms with Gasteiger partial charge in [-0.3, -0.25) is 39.1 Å². The zero-order valence-electron chi connectivity index (χ0n) is 76.9. The van der Waals surface area contributed by atoms with Gasteiger partial charge in [-0.15, -0.1) is 0 Å². The highest BCUT2D eigenvalue weighted by atomic mass is 35.5. The van der Waals surface area contributed by atoms with E-state index in [1.54, 1.807) is 9.13 Å². The summed E-state index contributed by atoms with van der Waals surface area (Å²) in [5.41, 5.74) is 10.1. The van der Waals surface area contributed by atoms with Gasteiger partial charge in [0.2, 0.25) is 0 Å². The zero-order chi connectivity index (χ0) is 96.9. The van der Waals surface area contributed by atoms with Crippen molar-refractivity contribution in [2.45, 2.75) is 196 Å². The number of aromatic amines is 4. The quantitative estimate of drug-likeness (QED) is 0.0168. The predicted molar refractivity (Wildman–Crippen MR) is 514 cm³/mol. The Kier molecular flexibility index (Phi) is 29.6. The first kappa shape index (κ1) is 97.1. The summed E-state index contributed by atoms with van der Waals surface area (Å²) in [6.45, 7) is 25.0. The van der Waals surface area contributed by atoms with E-state index in [-0.39, 0.29) is 101 Å². The van der Waals surface area contributed by atoms with Crippen LogP contribution in [0, 0.1) is 53.2 Å². The van der Waals surface area contributed by atoms with Crippen molar-refractivity contribution >= 4 is 67.3 Å². The van der Waals surface area contributed by atoms with Gasteiger partial charge < -0.3 is 48.6 Å². The highest BCUT2D eigenvalue weighted by Gasteiger charge is 2.34. The number of fused-ring (bicyclic) bond motifs is 8. The monoisotopic (exact) mass is 1900 g/mol. The smallest absolute Gasteiger partial charge is 0.416 e. The van der Waals surface area contributed by atoms with Crippen molar-refractivity contribution in [1.82, 2.24) is 98.9 Å². The number of alkyl halides is 3. The number of benzene rings is 8. The number of aromatic nitrogens is 16. The predicted octanol–water partition coefficient (Wildman–Crippen LogP) is 14.8. The summed E-state index contributed by atoms with van der Waals surface area (Å²) in [5, 5.41) is 10.4. The van der Waals surface area contributed by atoms with Crippen molar-refractivity contribution in [3.63, 3.8) is 0 Å². The number of halogens is 7. The lowest BCUT2D eigenvalue weighted by Gasteiger charge is -2.22. The van der Waals surface area contributed by atoms with Crippen molar-refractivity contribution < 1.29 is 31.4 Å². The molecule has 8 aromatic carbocycles. The first-order chi connectivity index (χ1) is 64.8. The number of hydrogen-bond acceptors (Lipinski definition) is 22. The van der Waals surface area contributed by atoms with E-state index in [0.717, 1.165) is 119 Å². The maximum absolute atomic E-state index is 14.0. The zero-order valence-corrected chi connectivity index (χ0v) is 78.4. The molecule has 136 heavy (non-hydrogen) atoms. The van der Waals surface area contributed by atoms with Crippen LogP contribution in [0.2, 0.25) is 10.0 Å². The van der Waals surface area contributed by atoms with Gasteiger partial charge in [0.05, 0.1) is 61.9 Å². The molecule has 0 bridgehead atoms. The molecule has 10 aliphatic rings. The molecule has 8 aliphatic heterocycles. The number of nitrogens with one attached hydrogen (secondary N) is 7. The van der Waals surface area contributed by atoms with Crippen molar-refractivity contribution in [3.8, 4) is 57.6 Å². The molecule has 18 rings (SSSR count). The molecule has 2 fully saturated rings. The molecule has 30 nitrogen and oxygen atoms in total. The second kappa shape index (κ2) is 41.4. The van der Waals surface area contributed by atoms with Gasteiger partial charge in [0.15, 0.2) is 46.1 Å². The summed E-state index contributed by atoms with van der Waals surface area (Å²) >= 11 is 11.7. The Morgan fingerprint density at radius 1 is 0.449 bits per heavy atom. The first-order valence-corrected chi connectivity index (χ1v) is 45.7. The Bertz CT molecular complexity index is 7530. The van der Waals surface area contributed by atoms with Gasteiger partial charge in [-0.05, 0) is 235 Å². The van der Waals surface area contributed by atoms with Gasteiger partial charge in [0.1, 0.15) is 23.1 Å². The topological polar surface area (TPSA) is 380 Å². The molecular weight excluding hydrogens is 1800 g/mol. The van der Waals surface area contributed by atoms with E-state index in [2.05, 4.69) is 133 Å².